The third-order valence-electron chi connectivity index (χ3n) is 4.11. The first kappa shape index (κ1) is 16.9. The van der Waals surface area contributed by atoms with E-state index < -0.39 is 20.6 Å². The van der Waals surface area contributed by atoms with Gasteiger partial charge in [-0.15, -0.1) is 0 Å². The summed E-state index contributed by atoms with van der Waals surface area (Å²) in [5.41, 5.74) is 0. The molecule has 7 heteroatoms. The number of carboxylic acid groups (broad SMARTS) is 1. The second kappa shape index (κ2) is 6.11. The van der Waals surface area contributed by atoms with Gasteiger partial charge in [0.05, 0.1) is 0 Å². The highest BCUT2D eigenvalue weighted by molar-refractivity contribution is 7.92. The summed E-state index contributed by atoms with van der Waals surface area (Å²) in [5, 5.41) is 8.65. The van der Waals surface area contributed by atoms with Crippen LogP contribution in [0.3, 0.4) is 0 Å². The van der Waals surface area contributed by atoms with Crippen molar-refractivity contribution in [2.24, 2.45) is 5.92 Å². The summed E-state index contributed by atoms with van der Waals surface area (Å²) in [6.07, 6.45) is 3.31. The molecule has 1 aliphatic heterocycles. The number of carboxylic acids is 1. The van der Waals surface area contributed by atoms with E-state index in [9.17, 15) is 18.0 Å². The zero-order valence-corrected chi connectivity index (χ0v) is 13.1. The van der Waals surface area contributed by atoms with Gasteiger partial charge in [-0.1, -0.05) is 0 Å². The third kappa shape index (κ3) is 3.94. The molecule has 0 aliphatic carbocycles. The SMILES string of the molecule is CC(C)(C(=O)N1CCC(CCC(=O)O)CC1)S(C)(=O)=O. The molecule has 0 bridgehead atoms. The molecule has 116 valence electrons. The monoisotopic (exact) mass is 305 g/mol. The third-order valence-corrected chi connectivity index (χ3v) is 6.14. The van der Waals surface area contributed by atoms with E-state index in [1.807, 2.05) is 0 Å². The van der Waals surface area contributed by atoms with E-state index in [2.05, 4.69) is 0 Å². The lowest BCUT2D eigenvalue weighted by atomic mass is 9.91. The summed E-state index contributed by atoms with van der Waals surface area (Å²) in [4.78, 5) is 24.4. The van der Waals surface area contributed by atoms with Gasteiger partial charge in [0.2, 0.25) is 5.91 Å². The normalized spacial score (nSPS) is 18.1. The smallest absolute Gasteiger partial charge is 0.303 e. The Labute approximate surface area is 120 Å². The van der Waals surface area contributed by atoms with Crippen LogP contribution in [0.15, 0.2) is 0 Å². The molecule has 0 aromatic rings. The molecule has 1 amide bonds. The average Bonchev–Trinajstić information content (AvgIpc) is 2.34. The van der Waals surface area contributed by atoms with E-state index in [1.165, 1.54) is 13.8 Å². The van der Waals surface area contributed by atoms with Crippen molar-refractivity contribution in [3.05, 3.63) is 0 Å². The Morgan fingerprint density at radius 2 is 1.75 bits per heavy atom. The van der Waals surface area contributed by atoms with Gasteiger partial charge in [-0.25, -0.2) is 8.42 Å². The first-order chi connectivity index (χ1) is 9.05. The number of rotatable bonds is 5. The molecule has 20 heavy (non-hydrogen) atoms. The molecule has 0 spiro atoms. The van der Waals surface area contributed by atoms with Gasteiger partial charge in [0.1, 0.15) is 4.75 Å². The van der Waals surface area contributed by atoms with Crippen LogP contribution in [0.25, 0.3) is 0 Å². The van der Waals surface area contributed by atoms with Crippen molar-refractivity contribution in [2.45, 2.75) is 44.3 Å². The van der Waals surface area contributed by atoms with Crippen LogP contribution in [0, 0.1) is 5.92 Å². The summed E-state index contributed by atoms with van der Waals surface area (Å²) < 4.78 is 21.9. The van der Waals surface area contributed by atoms with Crippen LogP contribution in [0.2, 0.25) is 0 Å². The molecule has 1 saturated heterocycles. The maximum Gasteiger partial charge on any atom is 0.303 e. The Morgan fingerprint density at radius 1 is 1.25 bits per heavy atom. The van der Waals surface area contributed by atoms with Gasteiger partial charge in [0, 0.05) is 25.8 Å². The lowest BCUT2D eigenvalue weighted by Gasteiger charge is -2.36. The molecular formula is C13H23NO5S. The molecule has 1 N–H and O–H groups in total. The molecule has 6 nitrogen and oxygen atoms in total. The molecule has 1 aliphatic rings. The Hall–Kier alpha value is -1.11. The van der Waals surface area contributed by atoms with E-state index in [-0.39, 0.29) is 12.3 Å². The lowest BCUT2D eigenvalue weighted by molar-refractivity contribution is -0.138. The van der Waals surface area contributed by atoms with Crippen molar-refractivity contribution in [3.63, 3.8) is 0 Å². The van der Waals surface area contributed by atoms with Gasteiger partial charge >= 0.3 is 5.97 Å². The Balaban J connectivity index is 2.58. The number of likely N-dealkylation sites (tertiary alicyclic amines) is 1. The van der Waals surface area contributed by atoms with Crippen LogP contribution in [0.4, 0.5) is 0 Å². The second-order valence-electron chi connectivity index (χ2n) is 5.95. The summed E-state index contributed by atoms with van der Waals surface area (Å²) >= 11 is 0. The Kier molecular flexibility index (Phi) is 5.18. The minimum Gasteiger partial charge on any atom is -0.481 e. The largest absolute Gasteiger partial charge is 0.481 e. The highest BCUT2D eigenvalue weighted by atomic mass is 32.2. The zero-order chi connectivity index (χ0) is 15.6. The van der Waals surface area contributed by atoms with Crippen LogP contribution >= 0.6 is 0 Å². The van der Waals surface area contributed by atoms with Crippen LogP contribution in [0.1, 0.15) is 39.5 Å². The maximum absolute atomic E-state index is 12.3. The van der Waals surface area contributed by atoms with Gasteiger partial charge in [-0.2, -0.15) is 0 Å². The predicted molar refractivity (Wildman–Crippen MR) is 75.1 cm³/mol. The van der Waals surface area contributed by atoms with E-state index in [4.69, 9.17) is 5.11 Å². The number of amides is 1. The van der Waals surface area contributed by atoms with Crippen LogP contribution in [0.5, 0.6) is 0 Å². The van der Waals surface area contributed by atoms with Crippen molar-refractivity contribution in [1.29, 1.82) is 0 Å². The number of nitrogens with zero attached hydrogens (tertiary/aromatic N) is 1. The number of hydrogen-bond acceptors (Lipinski definition) is 4. The summed E-state index contributed by atoms with van der Waals surface area (Å²) in [6, 6.07) is 0. The standard InChI is InChI=1S/C13H23NO5S/c1-13(2,20(3,18)19)12(17)14-8-6-10(7-9-14)4-5-11(15)16/h10H,4-9H2,1-3H3,(H,15,16). The Bertz CT molecular complexity index is 475. The van der Waals surface area contributed by atoms with Crippen molar-refractivity contribution in [2.75, 3.05) is 19.3 Å². The van der Waals surface area contributed by atoms with E-state index in [0.29, 0.717) is 25.4 Å². The van der Waals surface area contributed by atoms with Crippen LogP contribution in [-0.2, 0) is 19.4 Å². The lowest BCUT2D eigenvalue weighted by Crippen LogP contribution is -2.51. The summed E-state index contributed by atoms with van der Waals surface area (Å²) in [5.74, 6) is -0.866. The van der Waals surface area contributed by atoms with Gasteiger partial charge in [0.25, 0.3) is 0 Å². The molecule has 0 aromatic heterocycles. The van der Waals surface area contributed by atoms with E-state index in [1.54, 1.807) is 4.90 Å². The molecular weight excluding hydrogens is 282 g/mol. The van der Waals surface area contributed by atoms with Crippen LogP contribution < -0.4 is 0 Å². The number of piperidine rings is 1. The summed E-state index contributed by atoms with van der Waals surface area (Å²) in [6.45, 7) is 3.87. The zero-order valence-electron chi connectivity index (χ0n) is 12.3. The second-order valence-corrected chi connectivity index (χ2v) is 8.52. The number of carbonyl (C=O) groups is 2. The van der Waals surface area contributed by atoms with Gasteiger partial charge < -0.3 is 10.0 Å². The van der Waals surface area contributed by atoms with Crippen LogP contribution in [-0.4, -0.2) is 54.4 Å². The maximum atomic E-state index is 12.3. The van der Waals surface area contributed by atoms with Gasteiger partial charge in [0.15, 0.2) is 9.84 Å². The van der Waals surface area contributed by atoms with Gasteiger partial charge in [-0.3, -0.25) is 9.59 Å². The molecule has 0 unspecified atom stereocenters. The number of carbonyl (C=O) groups excluding carboxylic acids is 1. The fourth-order valence-corrected chi connectivity index (χ4v) is 2.74. The fraction of sp³-hybridized carbons (Fsp3) is 0.846. The minimum atomic E-state index is -3.45. The van der Waals surface area contributed by atoms with Crippen molar-refractivity contribution >= 4 is 21.7 Å². The van der Waals surface area contributed by atoms with Crippen molar-refractivity contribution in [1.82, 2.24) is 4.90 Å². The quantitative estimate of drug-likeness (QED) is 0.815. The number of aliphatic carboxylic acids is 1. The highest BCUT2D eigenvalue weighted by Crippen LogP contribution is 2.26. The fourth-order valence-electron chi connectivity index (χ4n) is 2.29. The predicted octanol–water partition coefficient (Wildman–Crippen LogP) is 0.913. The topological polar surface area (TPSA) is 91.8 Å². The van der Waals surface area contributed by atoms with E-state index in [0.717, 1.165) is 19.1 Å². The van der Waals surface area contributed by atoms with Gasteiger partial charge in [-0.05, 0) is 39.0 Å². The first-order valence-corrected chi connectivity index (χ1v) is 8.65. The average molecular weight is 305 g/mol. The summed E-state index contributed by atoms with van der Waals surface area (Å²) in [7, 11) is -3.45. The minimum absolute atomic E-state index is 0.146. The molecule has 1 fully saturated rings. The Morgan fingerprint density at radius 3 is 2.15 bits per heavy atom. The molecule has 0 radical (unpaired) electrons. The number of hydrogen-bond donors (Lipinski definition) is 1. The molecule has 1 heterocycles. The molecule has 0 atom stereocenters. The first-order valence-electron chi connectivity index (χ1n) is 6.76. The highest BCUT2D eigenvalue weighted by Gasteiger charge is 2.42. The van der Waals surface area contributed by atoms with Crippen molar-refractivity contribution < 1.29 is 23.1 Å². The van der Waals surface area contributed by atoms with Crippen molar-refractivity contribution in [3.8, 4) is 0 Å². The molecule has 0 saturated carbocycles. The number of sulfone groups is 1. The molecule has 0 aromatic carbocycles. The van der Waals surface area contributed by atoms with E-state index >= 15 is 0 Å². The molecule has 1 rings (SSSR count).